The van der Waals surface area contributed by atoms with E-state index in [9.17, 15) is 0 Å². The van der Waals surface area contributed by atoms with Crippen LogP contribution >= 0.6 is 0 Å². The topological polar surface area (TPSA) is 0 Å². The average Bonchev–Trinajstić information content (AvgIpc) is 2.31. The summed E-state index contributed by atoms with van der Waals surface area (Å²) in [5, 5.41) is 0. The van der Waals surface area contributed by atoms with Crippen molar-refractivity contribution in [2.45, 2.75) is 84.5 Å². The third-order valence-electron chi connectivity index (χ3n) is 3.39. The lowest BCUT2D eigenvalue weighted by molar-refractivity contribution is 0.382. The van der Waals surface area contributed by atoms with E-state index in [1.807, 2.05) is 0 Å². The monoisotopic (exact) mass is 224 g/mol. The van der Waals surface area contributed by atoms with Gasteiger partial charge in [-0.05, 0) is 12.3 Å². The quantitative estimate of drug-likeness (QED) is 0.358. The van der Waals surface area contributed by atoms with Crippen molar-refractivity contribution in [3.8, 4) is 0 Å². The molecule has 0 spiro atoms. The Morgan fingerprint density at radius 3 is 2.25 bits per heavy atom. The van der Waals surface area contributed by atoms with Crippen molar-refractivity contribution in [2.24, 2.45) is 5.92 Å². The molecule has 0 saturated carbocycles. The molecule has 2 radical (unpaired) electrons. The summed E-state index contributed by atoms with van der Waals surface area (Å²) in [5.74, 6) is 0.989. The van der Waals surface area contributed by atoms with E-state index >= 15 is 0 Å². The van der Waals surface area contributed by atoms with Crippen molar-refractivity contribution >= 4 is 0 Å². The smallest absolute Gasteiger partial charge is 0.0389 e. The van der Waals surface area contributed by atoms with Gasteiger partial charge in [-0.3, -0.25) is 0 Å². The van der Waals surface area contributed by atoms with Gasteiger partial charge in [0.25, 0.3) is 0 Å². The van der Waals surface area contributed by atoms with Crippen molar-refractivity contribution in [1.29, 1.82) is 0 Å². The molecule has 0 aromatic carbocycles. The van der Waals surface area contributed by atoms with Crippen LogP contribution in [0, 0.1) is 19.3 Å². The number of hydrogen-bond donors (Lipinski definition) is 0. The summed E-state index contributed by atoms with van der Waals surface area (Å²) in [6.45, 7) is 8.49. The Kier molecular flexibility index (Phi) is 13.1. The van der Waals surface area contributed by atoms with Crippen molar-refractivity contribution in [3.63, 3.8) is 0 Å². The van der Waals surface area contributed by atoms with E-state index < -0.39 is 0 Å². The molecule has 0 N–H and O–H groups in total. The van der Waals surface area contributed by atoms with Crippen LogP contribution in [0.5, 0.6) is 0 Å². The molecule has 1 unspecified atom stereocenters. The second-order valence-corrected chi connectivity index (χ2v) is 4.99. The second kappa shape index (κ2) is 13.1. The third kappa shape index (κ3) is 10.5. The first kappa shape index (κ1) is 16.0. The van der Waals surface area contributed by atoms with E-state index in [0.717, 1.165) is 12.3 Å². The molecule has 1 atom stereocenters. The summed E-state index contributed by atoms with van der Waals surface area (Å²) in [6, 6.07) is 0. The van der Waals surface area contributed by atoms with Gasteiger partial charge in [0.1, 0.15) is 0 Å². The number of unbranched alkanes of at least 4 members (excludes halogenated alkanes) is 6. The second-order valence-electron chi connectivity index (χ2n) is 4.99. The van der Waals surface area contributed by atoms with E-state index in [1.54, 1.807) is 0 Å². The van der Waals surface area contributed by atoms with Gasteiger partial charge < -0.3 is 0 Å². The highest BCUT2D eigenvalue weighted by molar-refractivity contribution is 4.64. The summed E-state index contributed by atoms with van der Waals surface area (Å²) in [6.07, 6.45) is 17.4. The minimum absolute atomic E-state index is 0.989. The zero-order valence-electron chi connectivity index (χ0n) is 11.6. The predicted octanol–water partition coefficient (Wildman–Crippen LogP) is 5.97. The van der Waals surface area contributed by atoms with Gasteiger partial charge in [0, 0.05) is 0 Å². The van der Waals surface area contributed by atoms with Crippen LogP contribution in [0.4, 0.5) is 0 Å². The fourth-order valence-electron chi connectivity index (χ4n) is 2.28. The summed E-state index contributed by atoms with van der Waals surface area (Å²) >= 11 is 0. The van der Waals surface area contributed by atoms with E-state index in [2.05, 4.69) is 27.2 Å². The Morgan fingerprint density at radius 2 is 1.62 bits per heavy atom. The zero-order chi connectivity index (χ0) is 12.1. The highest BCUT2D eigenvalue weighted by Crippen LogP contribution is 2.22. The first-order chi connectivity index (χ1) is 7.85. The molecule has 16 heavy (non-hydrogen) atoms. The molecular weight excluding hydrogens is 192 g/mol. The molecule has 0 heteroatoms. The number of hydrogen-bond acceptors (Lipinski definition) is 0. The maximum absolute atomic E-state index is 3.95. The predicted molar refractivity (Wildman–Crippen MR) is 75.3 cm³/mol. The molecule has 0 aliphatic carbocycles. The van der Waals surface area contributed by atoms with Crippen molar-refractivity contribution in [1.82, 2.24) is 0 Å². The summed E-state index contributed by atoms with van der Waals surface area (Å²) in [7, 11) is 0. The fraction of sp³-hybridized carbons (Fsp3) is 0.875. The lowest BCUT2D eigenvalue weighted by atomic mass is 9.90. The van der Waals surface area contributed by atoms with Crippen molar-refractivity contribution < 1.29 is 0 Å². The fourth-order valence-corrected chi connectivity index (χ4v) is 2.28. The van der Waals surface area contributed by atoms with Crippen LogP contribution in [0.1, 0.15) is 84.5 Å². The Labute approximate surface area is 104 Å². The van der Waals surface area contributed by atoms with Crippen LogP contribution in [-0.4, -0.2) is 0 Å². The van der Waals surface area contributed by atoms with Gasteiger partial charge in [-0.1, -0.05) is 91.4 Å². The highest BCUT2D eigenvalue weighted by Gasteiger charge is 2.07. The molecule has 0 saturated heterocycles. The van der Waals surface area contributed by atoms with Crippen LogP contribution in [-0.2, 0) is 0 Å². The Morgan fingerprint density at radius 1 is 0.938 bits per heavy atom. The Hall–Kier alpha value is 0. The van der Waals surface area contributed by atoms with Crippen molar-refractivity contribution in [2.75, 3.05) is 0 Å². The molecule has 0 aliphatic heterocycles. The molecule has 0 bridgehead atoms. The molecule has 0 rings (SSSR count). The molecule has 0 aliphatic rings. The van der Waals surface area contributed by atoms with E-state index in [1.165, 1.54) is 64.2 Å². The van der Waals surface area contributed by atoms with Crippen molar-refractivity contribution in [3.05, 3.63) is 13.3 Å². The van der Waals surface area contributed by atoms with E-state index in [4.69, 9.17) is 0 Å². The van der Waals surface area contributed by atoms with Gasteiger partial charge in [-0.2, -0.15) is 0 Å². The standard InChI is InChI=1S/C16H32/c1-4-7-10-11-12-15-16(13-8-5-2)14-9-6-3/h7,16H,2,4-6,8-15H2,1,3H3. The number of rotatable bonds is 12. The maximum Gasteiger partial charge on any atom is -0.0389 e. The van der Waals surface area contributed by atoms with Gasteiger partial charge in [0.2, 0.25) is 0 Å². The van der Waals surface area contributed by atoms with Gasteiger partial charge in [-0.15, -0.1) is 0 Å². The van der Waals surface area contributed by atoms with Crippen LogP contribution < -0.4 is 0 Å². The maximum atomic E-state index is 3.95. The van der Waals surface area contributed by atoms with E-state index in [-0.39, 0.29) is 0 Å². The van der Waals surface area contributed by atoms with Crippen LogP contribution in [0.3, 0.4) is 0 Å². The first-order valence-electron chi connectivity index (χ1n) is 7.46. The van der Waals surface area contributed by atoms with Gasteiger partial charge >= 0.3 is 0 Å². The molecule has 96 valence electrons. The SMILES string of the molecule is [CH2]CCCC(CCCC)CCCC[CH]CC. The minimum Gasteiger partial charge on any atom is -0.0654 e. The third-order valence-corrected chi connectivity index (χ3v) is 3.39. The summed E-state index contributed by atoms with van der Waals surface area (Å²) in [5.41, 5.74) is 0. The molecule has 0 fully saturated rings. The first-order valence-corrected chi connectivity index (χ1v) is 7.46. The normalized spacial score (nSPS) is 11.2. The lowest BCUT2D eigenvalue weighted by Crippen LogP contribution is -2.01. The van der Waals surface area contributed by atoms with Gasteiger partial charge in [0.05, 0.1) is 0 Å². The molecule has 0 heterocycles. The van der Waals surface area contributed by atoms with Crippen LogP contribution in [0.15, 0.2) is 0 Å². The molecular formula is C16H32. The lowest BCUT2D eigenvalue weighted by Gasteiger charge is -2.16. The molecule has 0 aromatic rings. The zero-order valence-corrected chi connectivity index (χ0v) is 11.6. The average molecular weight is 224 g/mol. The largest absolute Gasteiger partial charge is 0.0654 e. The highest BCUT2D eigenvalue weighted by atomic mass is 14.1. The molecule has 0 nitrogen and oxygen atoms in total. The van der Waals surface area contributed by atoms with Crippen LogP contribution in [0.25, 0.3) is 0 Å². The van der Waals surface area contributed by atoms with Gasteiger partial charge in [-0.25, -0.2) is 0 Å². The van der Waals surface area contributed by atoms with Gasteiger partial charge in [0.15, 0.2) is 0 Å². The Balaban J connectivity index is 3.48. The summed E-state index contributed by atoms with van der Waals surface area (Å²) in [4.78, 5) is 0. The van der Waals surface area contributed by atoms with Crippen LogP contribution in [0.2, 0.25) is 0 Å². The Bertz CT molecular complexity index is 109. The van der Waals surface area contributed by atoms with E-state index in [0.29, 0.717) is 0 Å². The summed E-state index contributed by atoms with van der Waals surface area (Å²) < 4.78 is 0. The molecule has 0 aromatic heterocycles. The molecule has 0 amide bonds. The minimum atomic E-state index is 0.989.